The summed E-state index contributed by atoms with van der Waals surface area (Å²) in [4.78, 5) is 12.8. The van der Waals surface area contributed by atoms with Crippen LogP contribution in [0.1, 0.15) is 50.3 Å². The number of ether oxygens (including phenoxy) is 2. The van der Waals surface area contributed by atoms with Gasteiger partial charge in [0, 0.05) is 36.0 Å². The summed E-state index contributed by atoms with van der Waals surface area (Å²) >= 11 is 6.18. The molecular weight excluding hydrogens is 464 g/mol. The van der Waals surface area contributed by atoms with E-state index in [0.29, 0.717) is 40.6 Å². The number of nitrogens with zero attached hydrogens (tertiary/aromatic N) is 1. The first-order chi connectivity index (χ1) is 15.4. The lowest BCUT2D eigenvalue weighted by Gasteiger charge is -2.38. The van der Waals surface area contributed by atoms with Crippen molar-refractivity contribution in [1.29, 1.82) is 0 Å². The van der Waals surface area contributed by atoms with Crippen LogP contribution in [0.5, 0.6) is 11.5 Å². The van der Waals surface area contributed by atoms with Gasteiger partial charge in [-0.1, -0.05) is 17.7 Å². The van der Waals surface area contributed by atoms with Gasteiger partial charge in [-0.25, -0.2) is 8.42 Å². The monoisotopic (exact) mass is 494 g/mol. The molecule has 0 aromatic heterocycles. The molecule has 0 saturated heterocycles. The number of rotatable bonds is 8. The molecule has 1 N–H and O–H groups in total. The second-order valence-electron chi connectivity index (χ2n) is 8.91. The average Bonchev–Trinajstić information content (AvgIpc) is 2.71. The van der Waals surface area contributed by atoms with Gasteiger partial charge in [0.2, 0.25) is 15.9 Å². The zero-order valence-corrected chi connectivity index (χ0v) is 21.2. The highest BCUT2D eigenvalue weighted by atomic mass is 35.5. The van der Waals surface area contributed by atoms with Crippen molar-refractivity contribution in [3.05, 3.63) is 52.5 Å². The van der Waals surface area contributed by atoms with Crippen LogP contribution in [0.2, 0.25) is 5.02 Å². The molecule has 180 valence electrons. The Hall–Kier alpha value is -2.45. The molecule has 33 heavy (non-hydrogen) atoms. The Balaban J connectivity index is 1.68. The van der Waals surface area contributed by atoms with Gasteiger partial charge in [-0.3, -0.25) is 9.10 Å². The largest absolute Gasteiger partial charge is 0.497 e. The van der Waals surface area contributed by atoms with Gasteiger partial charge in [0.1, 0.15) is 17.1 Å². The predicted octanol–water partition coefficient (Wildman–Crippen LogP) is 4.62. The predicted molar refractivity (Wildman–Crippen MR) is 131 cm³/mol. The summed E-state index contributed by atoms with van der Waals surface area (Å²) in [5.41, 5.74) is 1.66. The fourth-order valence-electron chi connectivity index (χ4n) is 4.07. The smallest absolute Gasteiger partial charge is 0.232 e. The molecule has 0 saturated carbocycles. The van der Waals surface area contributed by atoms with E-state index >= 15 is 0 Å². The number of hydrogen-bond donors (Lipinski definition) is 1. The number of nitrogens with one attached hydrogen (secondary N) is 1. The van der Waals surface area contributed by atoms with Gasteiger partial charge < -0.3 is 14.8 Å². The van der Waals surface area contributed by atoms with Gasteiger partial charge in [0.15, 0.2) is 0 Å². The van der Waals surface area contributed by atoms with E-state index in [1.807, 2.05) is 32.0 Å². The Labute approximate surface area is 201 Å². The van der Waals surface area contributed by atoms with Gasteiger partial charge in [-0.15, -0.1) is 0 Å². The number of anilines is 1. The van der Waals surface area contributed by atoms with E-state index in [-0.39, 0.29) is 24.9 Å². The van der Waals surface area contributed by atoms with Crippen LogP contribution >= 0.6 is 11.6 Å². The number of carbonyl (C=O) groups is 1. The van der Waals surface area contributed by atoms with Crippen molar-refractivity contribution in [2.75, 3.05) is 24.2 Å². The maximum atomic E-state index is 12.8. The molecular formula is C24H31ClN2O5S. The van der Waals surface area contributed by atoms with Gasteiger partial charge in [0.25, 0.3) is 0 Å². The molecule has 3 rings (SSSR count). The standard InChI is InChI=1S/C24H31ClN2O5S/c1-16-19(25)8-6-9-21(16)27(33(5,29)30)13-7-10-23(28)26-20-15-24(2,3)32-22-14-17(31-4)11-12-18(20)22/h6,8-9,11-12,14,20H,7,10,13,15H2,1-5H3,(H,26,28)/t20-/m1/s1. The fourth-order valence-corrected chi connectivity index (χ4v) is 5.25. The number of benzene rings is 2. The first kappa shape index (κ1) is 25.2. The SMILES string of the molecule is COc1ccc2c(c1)OC(C)(C)C[C@H]2NC(=O)CCCN(c1cccc(Cl)c1C)S(C)(=O)=O. The van der Waals surface area contributed by atoms with E-state index in [2.05, 4.69) is 5.32 Å². The van der Waals surface area contributed by atoms with E-state index in [0.717, 1.165) is 11.8 Å². The number of amides is 1. The molecule has 1 atom stereocenters. The van der Waals surface area contributed by atoms with E-state index in [1.54, 1.807) is 32.2 Å². The van der Waals surface area contributed by atoms with E-state index in [9.17, 15) is 13.2 Å². The maximum Gasteiger partial charge on any atom is 0.232 e. The van der Waals surface area contributed by atoms with Crippen LogP contribution in [0.15, 0.2) is 36.4 Å². The normalized spacial score (nSPS) is 17.0. The third-order valence-electron chi connectivity index (χ3n) is 5.69. The number of sulfonamides is 1. The van der Waals surface area contributed by atoms with Crippen LogP contribution < -0.4 is 19.1 Å². The van der Waals surface area contributed by atoms with E-state index < -0.39 is 15.6 Å². The highest BCUT2D eigenvalue weighted by molar-refractivity contribution is 7.92. The van der Waals surface area contributed by atoms with Crippen LogP contribution in [0.25, 0.3) is 0 Å². The second-order valence-corrected chi connectivity index (χ2v) is 11.2. The summed E-state index contributed by atoms with van der Waals surface area (Å²) in [5.74, 6) is 1.24. The third-order valence-corrected chi connectivity index (χ3v) is 7.28. The summed E-state index contributed by atoms with van der Waals surface area (Å²) < 4.78 is 37.5. The van der Waals surface area contributed by atoms with Crippen LogP contribution in [-0.2, 0) is 14.8 Å². The average molecular weight is 495 g/mol. The van der Waals surface area contributed by atoms with Gasteiger partial charge in [-0.2, -0.15) is 0 Å². The van der Waals surface area contributed by atoms with Crippen molar-refractivity contribution >= 4 is 33.2 Å². The highest BCUT2D eigenvalue weighted by Gasteiger charge is 2.34. The molecule has 0 fully saturated rings. The van der Waals surface area contributed by atoms with Crippen molar-refractivity contribution in [2.45, 2.75) is 51.7 Å². The summed E-state index contributed by atoms with van der Waals surface area (Å²) in [5, 5.41) is 3.59. The van der Waals surface area contributed by atoms with Gasteiger partial charge >= 0.3 is 0 Å². The topological polar surface area (TPSA) is 84.9 Å². The van der Waals surface area contributed by atoms with Crippen LogP contribution in [-0.4, -0.2) is 39.8 Å². The minimum Gasteiger partial charge on any atom is -0.497 e. The minimum absolute atomic E-state index is 0.143. The summed E-state index contributed by atoms with van der Waals surface area (Å²) in [6.45, 7) is 5.92. The Morgan fingerprint density at radius 2 is 2.03 bits per heavy atom. The molecule has 0 aliphatic carbocycles. The van der Waals surface area contributed by atoms with E-state index in [4.69, 9.17) is 21.1 Å². The van der Waals surface area contributed by atoms with Crippen molar-refractivity contribution in [3.8, 4) is 11.5 Å². The maximum absolute atomic E-state index is 12.8. The Morgan fingerprint density at radius 3 is 2.70 bits per heavy atom. The van der Waals surface area contributed by atoms with Gasteiger partial charge in [0.05, 0.1) is 25.1 Å². The lowest BCUT2D eigenvalue weighted by molar-refractivity contribution is -0.122. The lowest BCUT2D eigenvalue weighted by atomic mass is 9.89. The van der Waals surface area contributed by atoms with Crippen LogP contribution in [0, 0.1) is 6.92 Å². The second kappa shape index (κ2) is 9.81. The molecule has 0 radical (unpaired) electrons. The first-order valence-electron chi connectivity index (χ1n) is 10.8. The molecule has 0 spiro atoms. The van der Waals surface area contributed by atoms with Crippen molar-refractivity contribution in [3.63, 3.8) is 0 Å². The molecule has 1 amide bonds. The van der Waals surface area contributed by atoms with E-state index in [1.165, 1.54) is 4.31 Å². The van der Waals surface area contributed by atoms with Crippen LogP contribution in [0.3, 0.4) is 0 Å². The Morgan fingerprint density at radius 1 is 1.30 bits per heavy atom. The summed E-state index contributed by atoms with van der Waals surface area (Å²) in [6.07, 6.45) is 2.33. The molecule has 1 heterocycles. The molecule has 2 aromatic carbocycles. The van der Waals surface area contributed by atoms with Crippen LogP contribution in [0.4, 0.5) is 5.69 Å². The van der Waals surface area contributed by atoms with Gasteiger partial charge in [-0.05, 0) is 57.0 Å². The Kier molecular flexibility index (Phi) is 7.49. The van der Waals surface area contributed by atoms with Crippen molar-refractivity contribution < 1.29 is 22.7 Å². The van der Waals surface area contributed by atoms with Crippen molar-refractivity contribution in [1.82, 2.24) is 5.32 Å². The summed E-state index contributed by atoms with van der Waals surface area (Å²) in [6, 6.07) is 10.5. The number of halogens is 1. The Bertz CT molecular complexity index is 1130. The lowest BCUT2D eigenvalue weighted by Crippen LogP contribution is -2.41. The zero-order valence-electron chi connectivity index (χ0n) is 19.6. The minimum atomic E-state index is -3.53. The number of hydrogen-bond acceptors (Lipinski definition) is 5. The number of methoxy groups -OCH3 is 1. The zero-order chi connectivity index (χ0) is 24.4. The third kappa shape index (κ3) is 6.12. The summed E-state index contributed by atoms with van der Waals surface area (Å²) in [7, 11) is -1.93. The quantitative estimate of drug-likeness (QED) is 0.578. The van der Waals surface area contributed by atoms with Crippen molar-refractivity contribution in [2.24, 2.45) is 0 Å². The number of fused-ring (bicyclic) bond motifs is 1. The molecule has 1 aliphatic heterocycles. The molecule has 9 heteroatoms. The molecule has 0 unspecified atom stereocenters. The fraction of sp³-hybridized carbons (Fsp3) is 0.458. The molecule has 7 nitrogen and oxygen atoms in total. The first-order valence-corrected chi connectivity index (χ1v) is 13.0. The molecule has 0 bridgehead atoms. The molecule has 1 aliphatic rings. The molecule has 2 aromatic rings. The highest BCUT2D eigenvalue weighted by Crippen LogP contribution is 2.41. The number of carbonyl (C=O) groups excluding carboxylic acids is 1.